The van der Waals surface area contributed by atoms with Crippen molar-refractivity contribution in [2.75, 3.05) is 0 Å². The average molecular weight is 204 g/mol. The molecule has 1 nitrogen and oxygen atoms in total. The van der Waals surface area contributed by atoms with E-state index in [4.69, 9.17) is 0 Å². The summed E-state index contributed by atoms with van der Waals surface area (Å²) in [7, 11) is 0. The van der Waals surface area contributed by atoms with Crippen molar-refractivity contribution in [1.29, 1.82) is 0 Å². The van der Waals surface area contributed by atoms with E-state index in [2.05, 4.69) is 0 Å². The lowest BCUT2D eigenvalue weighted by Crippen LogP contribution is -2.09. The topological polar surface area (TPSA) is 17.1 Å². The predicted octanol–water partition coefficient (Wildman–Crippen LogP) is 3.07. The first-order valence-electron chi connectivity index (χ1n) is 3.98. The minimum Gasteiger partial charge on any atom is -0.287 e. The first-order chi connectivity index (χ1) is 6.06. The van der Waals surface area contributed by atoms with E-state index in [0.29, 0.717) is 6.42 Å². The van der Waals surface area contributed by atoms with Gasteiger partial charge in [0.15, 0.2) is 0 Å². The number of rotatable bonds is 3. The predicted molar refractivity (Wildman–Crippen MR) is 48.8 cm³/mol. The van der Waals surface area contributed by atoms with Gasteiger partial charge < -0.3 is 0 Å². The minimum absolute atomic E-state index is 0.218. The molecule has 0 aliphatic heterocycles. The molecule has 0 atom stereocenters. The van der Waals surface area contributed by atoms with E-state index >= 15 is 0 Å². The highest BCUT2D eigenvalue weighted by Crippen LogP contribution is 2.24. The molecule has 0 saturated heterocycles. The molecule has 0 radical (unpaired) electrons. The van der Waals surface area contributed by atoms with Gasteiger partial charge in [-0.3, -0.25) is 4.79 Å². The van der Waals surface area contributed by atoms with Crippen molar-refractivity contribution in [2.24, 2.45) is 0 Å². The highest BCUT2D eigenvalue weighted by molar-refractivity contribution is 7.14. The van der Waals surface area contributed by atoms with Gasteiger partial charge in [0.2, 0.25) is 5.78 Å². The number of ketones is 1. The van der Waals surface area contributed by atoms with Gasteiger partial charge in [-0.2, -0.15) is 0 Å². The van der Waals surface area contributed by atoms with Crippen molar-refractivity contribution in [1.82, 2.24) is 0 Å². The van der Waals surface area contributed by atoms with Crippen molar-refractivity contribution in [2.45, 2.75) is 26.7 Å². The molecule has 0 amide bonds. The normalized spacial score (nSPS) is 10.8. The summed E-state index contributed by atoms with van der Waals surface area (Å²) in [6.45, 7) is 3.66. The van der Waals surface area contributed by atoms with Crippen molar-refractivity contribution >= 4 is 17.1 Å². The third-order valence-corrected chi connectivity index (χ3v) is 2.84. The van der Waals surface area contributed by atoms with Crippen molar-refractivity contribution in [3.05, 3.63) is 21.4 Å². The second kappa shape index (κ2) is 3.96. The Labute approximate surface area is 79.4 Å². The van der Waals surface area contributed by atoms with Crippen LogP contribution in [0.1, 0.15) is 27.0 Å². The fraction of sp³-hybridized carbons (Fsp3) is 0.444. The lowest BCUT2D eigenvalue weighted by Gasteiger charge is -1.98. The molecule has 0 aliphatic carbocycles. The molecule has 0 aromatic carbocycles. The summed E-state index contributed by atoms with van der Waals surface area (Å²) in [6.07, 6.45) is -2.26. The number of hydrogen-bond donors (Lipinski definition) is 0. The maximum atomic E-state index is 12.1. The van der Waals surface area contributed by atoms with Crippen LogP contribution in [-0.2, 0) is 6.42 Å². The molecule has 4 heteroatoms. The molecular weight excluding hydrogens is 194 g/mol. The Morgan fingerprint density at radius 1 is 1.62 bits per heavy atom. The molecule has 0 bridgehead atoms. The molecule has 0 N–H and O–H groups in total. The summed E-state index contributed by atoms with van der Waals surface area (Å²) in [5, 5.41) is 0. The Morgan fingerprint density at radius 3 is 2.69 bits per heavy atom. The van der Waals surface area contributed by atoms with Crippen LogP contribution in [0, 0.1) is 6.92 Å². The highest BCUT2D eigenvalue weighted by Gasteiger charge is 2.22. The van der Waals surface area contributed by atoms with Gasteiger partial charge in [0.25, 0.3) is 0 Å². The van der Waals surface area contributed by atoms with E-state index in [9.17, 15) is 13.6 Å². The van der Waals surface area contributed by atoms with E-state index in [0.717, 1.165) is 21.8 Å². The lowest BCUT2D eigenvalue weighted by molar-refractivity contribution is 0.0682. The van der Waals surface area contributed by atoms with Crippen molar-refractivity contribution in [3.8, 4) is 0 Å². The first kappa shape index (κ1) is 10.3. The standard InChI is InChI=1S/C9H10F2OS/c1-3-6-4-5(2)13-8(6)7(12)9(10)11/h4,9H,3H2,1-2H3. The molecule has 0 unspecified atom stereocenters. The smallest absolute Gasteiger partial charge is 0.287 e. The number of halogens is 2. The maximum Gasteiger partial charge on any atom is 0.301 e. The van der Waals surface area contributed by atoms with E-state index in [1.807, 2.05) is 13.8 Å². The van der Waals surface area contributed by atoms with Crippen LogP contribution in [0.3, 0.4) is 0 Å². The second-order valence-electron chi connectivity index (χ2n) is 2.73. The minimum atomic E-state index is -2.89. The van der Waals surface area contributed by atoms with Gasteiger partial charge >= 0.3 is 6.43 Å². The van der Waals surface area contributed by atoms with Gasteiger partial charge in [-0.05, 0) is 25.0 Å². The zero-order chi connectivity index (χ0) is 10.0. The van der Waals surface area contributed by atoms with E-state index < -0.39 is 12.2 Å². The summed E-state index contributed by atoms with van der Waals surface area (Å²) < 4.78 is 24.2. The first-order valence-corrected chi connectivity index (χ1v) is 4.79. The molecule has 1 rings (SSSR count). The van der Waals surface area contributed by atoms with Gasteiger partial charge in [-0.1, -0.05) is 6.92 Å². The number of hydrogen-bond acceptors (Lipinski definition) is 2. The fourth-order valence-corrected chi connectivity index (χ4v) is 2.18. The SMILES string of the molecule is CCc1cc(C)sc1C(=O)C(F)F. The van der Waals surface area contributed by atoms with Gasteiger partial charge in [0.1, 0.15) is 0 Å². The summed E-state index contributed by atoms with van der Waals surface area (Å²) in [5.41, 5.74) is 0.729. The quantitative estimate of drug-likeness (QED) is 0.691. The van der Waals surface area contributed by atoms with Crippen LogP contribution in [0.2, 0.25) is 0 Å². The molecular formula is C9H10F2OS. The molecule has 13 heavy (non-hydrogen) atoms. The zero-order valence-corrected chi connectivity index (χ0v) is 8.25. The molecule has 0 fully saturated rings. The van der Waals surface area contributed by atoms with Crippen LogP contribution in [0.4, 0.5) is 8.78 Å². The summed E-state index contributed by atoms with van der Waals surface area (Å²) in [6, 6.07) is 1.79. The van der Waals surface area contributed by atoms with Crippen LogP contribution in [-0.4, -0.2) is 12.2 Å². The molecule has 1 aromatic rings. The van der Waals surface area contributed by atoms with Gasteiger partial charge in [-0.25, -0.2) is 8.78 Å². The van der Waals surface area contributed by atoms with Crippen LogP contribution in [0.15, 0.2) is 6.07 Å². The zero-order valence-electron chi connectivity index (χ0n) is 7.43. The Morgan fingerprint density at radius 2 is 2.23 bits per heavy atom. The van der Waals surface area contributed by atoms with E-state index in [1.165, 1.54) is 0 Å². The molecule has 0 spiro atoms. The summed E-state index contributed by atoms with van der Waals surface area (Å²) in [4.78, 5) is 12.1. The third-order valence-electron chi connectivity index (χ3n) is 1.74. The number of thiophene rings is 1. The van der Waals surface area contributed by atoms with Crippen LogP contribution >= 0.6 is 11.3 Å². The molecule has 72 valence electrons. The fourth-order valence-electron chi connectivity index (χ4n) is 1.14. The molecule has 1 aromatic heterocycles. The van der Waals surface area contributed by atoms with Gasteiger partial charge in [0.05, 0.1) is 4.88 Å². The largest absolute Gasteiger partial charge is 0.301 e. The number of carbonyl (C=O) groups excluding carboxylic acids is 1. The van der Waals surface area contributed by atoms with E-state index in [-0.39, 0.29) is 4.88 Å². The van der Waals surface area contributed by atoms with Gasteiger partial charge in [0, 0.05) is 4.88 Å². The lowest BCUT2D eigenvalue weighted by atomic mass is 10.1. The Kier molecular flexibility index (Phi) is 3.14. The summed E-state index contributed by atoms with van der Waals surface area (Å²) in [5.74, 6) is -1.05. The average Bonchev–Trinajstić information content (AvgIpc) is 2.45. The maximum absolute atomic E-state index is 12.1. The van der Waals surface area contributed by atoms with Gasteiger partial charge in [-0.15, -0.1) is 11.3 Å². The van der Waals surface area contributed by atoms with E-state index in [1.54, 1.807) is 6.07 Å². The van der Waals surface area contributed by atoms with Crippen LogP contribution in [0.5, 0.6) is 0 Å². The Hall–Kier alpha value is -0.770. The number of carbonyl (C=O) groups is 1. The van der Waals surface area contributed by atoms with Crippen molar-refractivity contribution in [3.63, 3.8) is 0 Å². The molecule has 1 heterocycles. The highest BCUT2D eigenvalue weighted by atomic mass is 32.1. The summed E-state index contributed by atoms with van der Waals surface area (Å²) >= 11 is 1.15. The van der Waals surface area contributed by atoms with Crippen LogP contribution < -0.4 is 0 Å². The third kappa shape index (κ3) is 2.12. The van der Waals surface area contributed by atoms with Crippen molar-refractivity contribution < 1.29 is 13.6 Å². The molecule has 0 saturated carbocycles. The number of Topliss-reactive ketones (excluding diaryl/α,β-unsaturated/α-hetero) is 1. The number of aryl methyl sites for hydroxylation is 2. The molecule has 0 aliphatic rings. The Balaban J connectivity index is 3.05. The second-order valence-corrected chi connectivity index (χ2v) is 3.99. The Bertz CT molecular complexity index is 317. The van der Waals surface area contributed by atoms with Crippen LogP contribution in [0.25, 0.3) is 0 Å². The monoisotopic (exact) mass is 204 g/mol. The number of alkyl halides is 2.